The van der Waals surface area contributed by atoms with Crippen molar-refractivity contribution in [2.24, 2.45) is 5.14 Å². The molecule has 0 radical (unpaired) electrons. The van der Waals surface area contributed by atoms with Crippen molar-refractivity contribution in [3.63, 3.8) is 0 Å². The summed E-state index contributed by atoms with van der Waals surface area (Å²) < 4.78 is 22.7. The highest BCUT2D eigenvalue weighted by Crippen LogP contribution is 2.22. The van der Waals surface area contributed by atoms with Crippen LogP contribution in [0.4, 0.5) is 5.69 Å². The average Bonchev–Trinajstić information content (AvgIpc) is 2.27. The van der Waals surface area contributed by atoms with Gasteiger partial charge in [-0.1, -0.05) is 19.4 Å². The number of amides is 1. The molecule has 0 aliphatic rings. The molecule has 1 aromatic rings. The summed E-state index contributed by atoms with van der Waals surface area (Å²) in [6, 6.07) is 4.64. The van der Waals surface area contributed by atoms with Crippen molar-refractivity contribution in [3.8, 4) is 0 Å². The summed E-state index contributed by atoms with van der Waals surface area (Å²) in [5, 5.41) is 7.80. The molecule has 0 spiro atoms. The van der Waals surface area contributed by atoms with Crippen molar-refractivity contribution in [3.05, 3.63) is 23.8 Å². The first kappa shape index (κ1) is 14.7. The van der Waals surface area contributed by atoms with E-state index in [9.17, 15) is 13.2 Å². The van der Waals surface area contributed by atoms with Crippen LogP contribution >= 0.6 is 0 Å². The van der Waals surface area contributed by atoms with Gasteiger partial charge in [0.05, 0.1) is 4.90 Å². The fourth-order valence-electron chi connectivity index (χ4n) is 1.61. The average molecular weight is 270 g/mol. The van der Waals surface area contributed by atoms with Crippen LogP contribution in [0.1, 0.15) is 31.7 Å². The molecule has 0 atom stereocenters. The van der Waals surface area contributed by atoms with Crippen molar-refractivity contribution < 1.29 is 13.2 Å². The van der Waals surface area contributed by atoms with Gasteiger partial charge in [-0.3, -0.25) is 4.79 Å². The maximum Gasteiger partial charge on any atom is 0.238 e. The van der Waals surface area contributed by atoms with Crippen LogP contribution < -0.4 is 10.5 Å². The molecule has 1 amide bonds. The number of benzene rings is 1. The zero-order valence-electron chi connectivity index (χ0n) is 10.6. The summed E-state index contributed by atoms with van der Waals surface area (Å²) in [6.07, 6.45) is 2.17. The Morgan fingerprint density at radius 1 is 1.39 bits per heavy atom. The second kappa shape index (κ2) is 5.97. The number of primary sulfonamides is 1. The number of sulfonamides is 1. The van der Waals surface area contributed by atoms with Crippen LogP contribution in [-0.4, -0.2) is 14.3 Å². The zero-order valence-corrected chi connectivity index (χ0v) is 11.4. The van der Waals surface area contributed by atoms with E-state index in [0.717, 1.165) is 12.8 Å². The van der Waals surface area contributed by atoms with Gasteiger partial charge in [0.25, 0.3) is 0 Å². The molecule has 5 nitrogen and oxygen atoms in total. The fourth-order valence-corrected chi connectivity index (χ4v) is 2.41. The molecule has 1 rings (SSSR count). The molecule has 0 aliphatic heterocycles. The largest absolute Gasteiger partial charge is 0.326 e. The Morgan fingerprint density at radius 2 is 2.06 bits per heavy atom. The minimum atomic E-state index is -3.76. The Bertz CT molecular complexity index is 538. The third-order valence-electron chi connectivity index (χ3n) is 2.62. The Labute approximate surface area is 107 Å². The SMILES string of the molecule is CCCCC(=O)Nc1cccc(S(N)(=O)=O)c1C. The number of hydrogen-bond donors (Lipinski definition) is 2. The van der Waals surface area contributed by atoms with E-state index in [1.54, 1.807) is 19.1 Å². The van der Waals surface area contributed by atoms with Crippen molar-refractivity contribution in [1.82, 2.24) is 0 Å². The molecule has 1 aromatic carbocycles. The second-order valence-corrected chi connectivity index (χ2v) is 5.66. The monoisotopic (exact) mass is 270 g/mol. The second-order valence-electron chi connectivity index (χ2n) is 4.13. The van der Waals surface area contributed by atoms with Crippen molar-refractivity contribution in [2.75, 3.05) is 5.32 Å². The van der Waals surface area contributed by atoms with Gasteiger partial charge < -0.3 is 5.32 Å². The molecule has 0 heterocycles. The zero-order chi connectivity index (χ0) is 13.8. The summed E-state index contributed by atoms with van der Waals surface area (Å²) in [4.78, 5) is 11.6. The Balaban J connectivity index is 2.95. The van der Waals surface area contributed by atoms with Crippen LogP contribution in [0.25, 0.3) is 0 Å². The minimum absolute atomic E-state index is 0.0378. The van der Waals surface area contributed by atoms with Crippen molar-refractivity contribution >= 4 is 21.6 Å². The van der Waals surface area contributed by atoms with E-state index < -0.39 is 10.0 Å². The standard InChI is InChI=1S/C12H18N2O3S/c1-3-4-8-12(15)14-10-6-5-7-11(9(10)2)18(13,16)17/h5-7H,3-4,8H2,1-2H3,(H,14,15)(H2,13,16,17). The number of hydrogen-bond acceptors (Lipinski definition) is 3. The highest BCUT2D eigenvalue weighted by atomic mass is 32.2. The molecular weight excluding hydrogens is 252 g/mol. The first-order chi connectivity index (χ1) is 8.36. The van der Waals surface area contributed by atoms with E-state index in [1.807, 2.05) is 6.92 Å². The summed E-state index contributed by atoms with van der Waals surface area (Å²) >= 11 is 0. The summed E-state index contributed by atoms with van der Waals surface area (Å²) in [6.45, 7) is 3.62. The first-order valence-electron chi connectivity index (χ1n) is 5.78. The van der Waals surface area contributed by atoms with Crippen LogP contribution in [0, 0.1) is 6.92 Å². The number of nitrogens with one attached hydrogen (secondary N) is 1. The molecule has 18 heavy (non-hydrogen) atoms. The van der Waals surface area contributed by atoms with Gasteiger partial charge in [-0.2, -0.15) is 0 Å². The lowest BCUT2D eigenvalue weighted by Gasteiger charge is -2.11. The van der Waals surface area contributed by atoms with Gasteiger partial charge in [-0.15, -0.1) is 0 Å². The van der Waals surface area contributed by atoms with Crippen LogP contribution in [0.2, 0.25) is 0 Å². The molecule has 0 fully saturated rings. The maximum atomic E-state index is 11.6. The van der Waals surface area contributed by atoms with Gasteiger partial charge in [0.1, 0.15) is 0 Å². The molecule has 0 unspecified atom stereocenters. The van der Waals surface area contributed by atoms with E-state index in [-0.39, 0.29) is 10.8 Å². The summed E-state index contributed by atoms with van der Waals surface area (Å²) in [5.74, 6) is -0.119. The van der Waals surface area contributed by atoms with Gasteiger partial charge in [0.2, 0.25) is 15.9 Å². The molecule has 0 saturated carbocycles. The lowest BCUT2D eigenvalue weighted by Crippen LogP contribution is -2.16. The number of nitrogens with two attached hydrogens (primary N) is 1. The molecule has 0 aliphatic carbocycles. The van der Waals surface area contributed by atoms with E-state index in [0.29, 0.717) is 17.7 Å². The highest BCUT2D eigenvalue weighted by molar-refractivity contribution is 7.89. The van der Waals surface area contributed by atoms with E-state index in [1.165, 1.54) is 6.07 Å². The highest BCUT2D eigenvalue weighted by Gasteiger charge is 2.14. The maximum absolute atomic E-state index is 11.6. The third-order valence-corrected chi connectivity index (χ3v) is 3.68. The van der Waals surface area contributed by atoms with Crippen molar-refractivity contribution in [1.29, 1.82) is 0 Å². The number of rotatable bonds is 5. The number of anilines is 1. The normalized spacial score (nSPS) is 11.3. The smallest absolute Gasteiger partial charge is 0.238 e. The van der Waals surface area contributed by atoms with Gasteiger partial charge in [-0.05, 0) is 31.0 Å². The summed E-state index contributed by atoms with van der Waals surface area (Å²) in [5.41, 5.74) is 0.951. The first-order valence-corrected chi connectivity index (χ1v) is 7.33. The van der Waals surface area contributed by atoms with Crippen LogP contribution in [0.3, 0.4) is 0 Å². The molecule has 3 N–H and O–H groups in total. The molecule has 100 valence electrons. The molecule has 0 saturated heterocycles. The molecular formula is C12H18N2O3S. The van der Waals surface area contributed by atoms with Gasteiger partial charge in [0, 0.05) is 12.1 Å². The van der Waals surface area contributed by atoms with E-state index in [4.69, 9.17) is 5.14 Å². The van der Waals surface area contributed by atoms with E-state index in [2.05, 4.69) is 5.32 Å². The quantitative estimate of drug-likeness (QED) is 0.854. The van der Waals surface area contributed by atoms with Crippen LogP contribution in [-0.2, 0) is 14.8 Å². The molecule has 0 bridgehead atoms. The predicted molar refractivity (Wildman–Crippen MR) is 70.7 cm³/mol. The van der Waals surface area contributed by atoms with Crippen LogP contribution in [0.15, 0.2) is 23.1 Å². The molecule has 0 aromatic heterocycles. The lowest BCUT2D eigenvalue weighted by molar-refractivity contribution is -0.116. The number of carbonyl (C=O) groups is 1. The van der Waals surface area contributed by atoms with Gasteiger partial charge >= 0.3 is 0 Å². The fraction of sp³-hybridized carbons (Fsp3) is 0.417. The van der Waals surface area contributed by atoms with Crippen LogP contribution in [0.5, 0.6) is 0 Å². The minimum Gasteiger partial charge on any atom is -0.326 e. The molecule has 6 heteroatoms. The van der Waals surface area contributed by atoms with E-state index >= 15 is 0 Å². The summed E-state index contributed by atoms with van der Waals surface area (Å²) in [7, 11) is -3.76. The third kappa shape index (κ3) is 3.82. The number of unbranched alkanes of at least 4 members (excludes halogenated alkanes) is 1. The van der Waals surface area contributed by atoms with Gasteiger partial charge in [0.15, 0.2) is 0 Å². The van der Waals surface area contributed by atoms with Crippen molar-refractivity contribution in [2.45, 2.75) is 38.0 Å². The van der Waals surface area contributed by atoms with Gasteiger partial charge in [-0.25, -0.2) is 13.6 Å². The lowest BCUT2D eigenvalue weighted by atomic mass is 10.2. The number of carbonyl (C=O) groups excluding carboxylic acids is 1. The Hall–Kier alpha value is -1.40. The topological polar surface area (TPSA) is 89.3 Å². The Morgan fingerprint density at radius 3 is 2.61 bits per heavy atom. The Kier molecular flexibility index (Phi) is 4.86. The predicted octanol–water partition coefficient (Wildman–Crippen LogP) is 1.77.